The number of ether oxygens (including phenoxy) is 5. The van der Waals surface area contributed by atoms with Gasteiger partial charge in [0.1, 0.15) is 5.75 Å². The Bertz CT molecular complexity index is 860. The number of rotatable bonds is 8. The molecule has 0 aromatic heterocycles. The lowest BCUT2D eigenvalue weighted by Gasteiger charge is -2.12. The molecule has 2 aromatic carbocycles. The minimum absolute atomic E-state index is 0.237. The second-order valence-corrected chi connectivity index (χ2v) is 6.20. The van der Waals surface area contributed by atoms with Crippen LogP contribution in [-0.4, -0.2) is 41.3 Å². The number of methoxy groups -OCH3 is 5. The highest BCUT2D eigenvalue weighted by Gasteiger charge is 2.16. The minimum atomic E-state index is -0.237. The predicted molar refractivity (Wildman–Crippen MR) is 107 cm³/mol. The molecule has 0 amide bonds. The number of halogens is 1. The van der Waals surface area contributed by atoms with E-state index in [-0.39, 0.29) is 5.78 Å². The SMILES string of the molecule is COc1cc(OC)c(C(=O)/C=C/c2cc(Br)c(OC)c(OC)c2)cc1OC. The van der Waals surface area contributed by atoms with Crippen LogP contribution in [0.4, 0.5) is 0 Å². The van der Waals surface area contributed by atoms with Crippen molar-refractivity contribution in [2.45, 2.75) is 0 Å². The summed E-state index contributed by atoms with van der Waals surface area (Å²) in [5.41, 5.74) is 1.14. The number of hydrogen-bond acceptors (Lipinski definition) is 6. The van der Waals surface area contributed by atoms with Crippen LogP contribution >= 0.6 is 15.9 Å². The zero-order valence-electron chi connectivity index (χ0n) is 15.8. The zero-order valence-corrected chi connectivity index (χ0v) is 17.4. The molecule has 144 valence electrons. The van der Waals surface area contributed by atoms with Gasteiger partial charge in [-0.15, -0.1) is 0 Å². The van der Waals surface area contributed by atoms with Crippen molar-refractivity contribution in [1.29, 1.82) is 0 Å². The lowest BCUT2D eigenvalue weighted by molar-refractivity contribution is 0.104. The molecule has 0 spiro atoms. The Morgan fingerprint density at radius 1 is 0.778 bits per heavy atom. The van der Waals surface area contributed by atoms with Crippen molar-refractivity contribution in [3.63, 3.8) is 0 Å². The smallest absolute Gasteiger partial charge is 0.189 e. The number of carbonyl (C=O) groups excluding carboxylic acids is 1. The summed E-state index contributed by atoms with van der Waals surface area (Å²) in [6, 6.07) is 6.82. The van der Waals surface area contributed by atoms with Crippen molar-refractivity contribution in [2.75, 3.05) is 35.5 Å². The van der Waals surface area contributed by atoms with Crippen LogP contribution in [0, 0.1) is 0 Å². The maximum Gasteiger partial charge on any atom is 0.189 e. The molecule has 0 unspecified atom stereocenters. The molecular formula is C20H21BrO6. The van der Waals surface area contributed by atoms with E-state index >= 15 is 0 Å². The Hall–Kier alpha value is -2.67. The van der Waals surface area contributed by atoms with Crippen LogP contribution in [0.2, 0.25) is 0 Å². The number of allylic oxidation sites excluding steroid dienone is 1. The third-order valence-electron chi connectivity index (χ3n) is 3.85. The van der Waals surface area contributed by atoms with E-state index in [2.05, 4.69) is 15.9 Å². The normalized spacial score (nSPS) is 10.6. The van der Waals surface area contributed by atoms with Gasteiger partial charge in [-0.3, -0.25) is 4.79 Å². The summed E-state index contributed by atoms with van der Waals surface area (Å²) in [5.74, 6) is 2.24. The highest BCUT2D eigenvalue weighted by molar-refractivity contribution is 9.10. The standard InChI is InChI=1S/C20H21BrO6/c1-23-16-11-18(25-3)17(24-2)10-13(16)15(22)7-6-12-8-14(21)20(27-5)19(9-12)26-4/h6-11H,1-5H3/b7-6+. The van der Waals surface area contributed by atoms with Crippen molar-refractivity contribution in [2.24, 2.45) is 0 Å². The zero-order chi connectivity index (χ0) is 20.0. The van der Waals surface area contributed by atoms with Gasteiger partial charge in [0.25, 0.3) is 0 Å². The molecule has 27 heavy (non-hydrogen) atoms. The first-order valence-corrected chi connectivity index (χ1v) is 8.72. The quantitative estimate of drug-likeness (QED) is 0.451. The summed E-state index contributed by atoms with van der Waals surface area (Å²) in [5, 5.41) is 0. The first-order chi connectivity index (χ1) is 13.0. The van der Waals surface area contributed by atoms with E-state index in [1.54, 1.807) is 38.5 Å². The summed E-state index contributed by atoms with van der Waals surface area (Å²) in [6.07, 6.45) is 3.14. The topological polar surface area (TPSA) is 63.2 Å². The van der Waals surface area contributed by atoms with E-state index in [9.17, 15) is 4.79 Å². The molecular weight excluding hydrogens is 416 g/mol. The van der Waals surface area contributed by atoms with E-state index in [1.165, 1.54) is 27.4 Å². The van der Waals surface area contributed by atoms with Gasteiger partial charge in [-0.1, -0.05) is 6.08 Å². The molecule has 6 nitrogen and oxygen atoms in total. The van der Waals surface area contributed by atoms with Gasteiger partial charge in [-0.2, -0.15) is 0 Å². The first-order valence-electron chi connectivity index (χ1n) is 7.93. The summed E-state index contributed by atoms with van der Waals surface area (Å²) in [6.45, 7) is 0. The third kappa shape index (κ3) is 4.54. The molecule has 0 fully saturated rings. The van der Waals surface area contributed by atoms with Gasteiger partial charge in [-0.05, 0) is 45.8 Å². The summed E-state index contributed by atoms with van der Waals surface area (Å²) < 4.78 is 27.1. The molecule has 0 aliphatic rings. The number of carbonyl (C=O) groups is 1. The Labute approximate surface area is 166 Å². The van der Waals surface area contributed by atoms with Crippen molar-refractivity contribution >= 4 is 27.8 Å². The number of benzene rings is 2. The maximum absolute atomic E-state index is 12.7. The van der Waals surface area contributed by atoms with Crippen LogP contribution in [0.25, 0.3) is 6.08 Å². The van der Waals surface area contributed by atoms with E-state index in [4.69, 9.17) is 23.7 Å². The van der Waals surface area contributed by atoms with E-state index in [0.717, 1.165) is 10.0 Å². The molecule has 0 radical (unpaired) electrons. The first kappa shape index (κ1) is 20.6. The third-order valence-corrected chi connectivity index (χ3v) is 4.44. The average molecular weight is 437 g/mol. The minimum Gasteiger partial charge on any atom is -0.496 e. The van der Waals surface area contributed by atoms with E-state index < -0.39 is 0 Å². The fourth-order valence-corrected chi connectivity index (χ4v) is 3.14. The van der Waals surface area contributed by atoms with E-state index in [0.29, 0.717) is 34.3 Å². The van der Waals surface area contributed by atoms with Crippen molar-refractivity contribution in [1.82, 2.24) is 0 Å². The van der Waals surface area contributed by atoms with Crippen LogP contribution < -0.4 is 23.7 Å². The molecule has 0 N–H and O–H groups in total. The Kier molecular flexibility index (Phi) is 7.12. The van der Waals surface area contributed by atoms with Gasteiger partial charge in [0.15, 0.2) is 28.8 Å². The predicted octanol–water partition coefficient (Wildman–Crippen LogP) is 4.39. The molecule has 0 bridgehead atoms. The highest BCUT2D eigenvalue weighted by Crippen LogP contribution is 2.37. The fourth-order valence-electron chi connectivity index (χ4n) is 2.52. The second kappa shape index (κ2) is 9.32. The molecule has 0 aliphatic carbocycles. The lowest BCUT2D eigenvalue weighted by atomic mass is 10.1. The molecule has 2 rings (SSSR count). The molecule has 0 heterocycles. The fraction of sp³-hybridized carbons (Fsp3) is 0.250. The summed E-state index contributed by atoms with van der Waals surface area (Å²) in [7, 11) is 7.64. The Balaban J connectivity index is 2.38. The lowest BCUT2D eigenvalue weighted by Crippen LogP contribution is -2.01. The number of hydrogen-bond donors (Lipinski definition) is 0. The molecule has 0 saturated carbocycles. The molecule has 0 saturated heterocycles. The van der Waals surface area contributed by atoms with Crippen molar-refractivity contribution in [3.8, 4) is 28.7 Å². The number of ketones is 1. The van der Waals surface area contributed by atoms with Crippen LogP contribution in [0.3, 0.4) is 0 Å². The molecule has 7 heteroatoms. The van der Waals surface area contributed by atoms with Crippen LogP contribution in [0.5, 0.6) is 28.7 Å². The van der Waals surface area contributed by atoms with Gasteiger partial charge < -0.3 is 23.7 Å². The van der Waals surface area contributed by atoms with Gasteiger partial charge in [0.05, 0.1) is 45.6 Å². The second-order valence-electron chi connectivity index (χ2n) is 5.34. The van der Waals surface area contributed by atoms with E-state index in [1.807, 2.05) is 6.07 Å². The monoisotopic (exact) mass is 436 g/mol. The van der Waals surface area contributed by atoms with Gasteiger partial charge >= 0.3 is 0 Å². The highest BCUT2D eigenvalue weighted by atomic mass is 79.9. The van der Waals surface area contributed by atoms with Gasteiger partial charge in [0, 0.05) is 6.07 Å². The maximum atomic E-state index is 12.7. The van der Waals surface area contributed by atoms with Crippen LogP contribution in [0.1, 0.15) is 15.9 Å². The Morgan fingerprint density at radius 3 is 1.93 bits per heavy atom. The molecule has 0 atom stereocenters. The van der Waals surface area contributed by atoms with Gasteiger partial charge in [0.2, 0.25) is 0 Å². The van der Waals surface area contributed by atoms with Crippen LogP contribution in [-0.2, 0) is 0 Å². The largest absolute Gasteiger partial charge is 0.496 e. The van der Waals surface area contributed by atoms with Gasteiger partial charge in [-0.25, -0.2) is 0 Å². The molecule has 0 aliphatic heterocycles. The summed E-state index contributed by atoms with van der Waals surface area (Å²) in [4.78, 5) is 12.7. The van der Waals surface area contributed by atoms with Crippen LogP contribution in [0.15, 0.2) is 34.8 Å². The average Bonchev–Trinajstić information content (AvgIpc) is 2.70. The summed E-state index contributed by atoms with van der Waals surface area (Å²) >= 11 is 3.43. The molecule has 2 aromatic rings. The Morgan fingerprint density at radius 2 is 1.37 bits per heavy atom. The van der Waals surface area contributed by atoms with Crippen molar-refractivity contribution < 1.29 is 28.5 Å². The van der Waals surface area contributed by atoms with Crippen molar-refractivity contribution in [3.05, 3.63) is 45.9 Å².